The van der Waals surface area contributed by atoms with E-state index in [1.165, 1.54) is 23.1 Å². The van der Waals surface area contributed by atoms with Crippen LogP contribution in [0.25, 0.3) is 5.69 Å². The Balaban J connectivity index is 1.70. The number of hydrogen-bond acceptors (Lipinski definition) is 4. The van der Waals surface area contributed by atoms with Gasteiger partial charge in [0.25, 0.3) is 0 Å². The van der Waals surface area contributed by atoms with Crippen molar-refractivity contribution >= 4 is 17.4 Å². The van der Waals surface area contributed by atoms with Gasteiger partial charge >= 0.3 is 12.2 Å². The molecule has 128 valence electrons. The summed E-state index contributed by atoms with van der Waals surface area (Å²) in [5, 5.41) is 15.7. The van der Waals surface area contributed by atoms with E-state index in [0.717, 1.165) is 12.1 Å². The van der Waals surface area contributed by atoms with Crippen LogP contribution in [0.1, 0.15) is 5.56 Å². The van der Waals surface area contributed by atoms with E-state index in [2.05, 4.69) is 26.2 Å². The van der Waals surface area contributed by atoms with Crippen molar-refractivity contribution in [1.82, 2.24) is 20.2 Å². The second-order valence-corrected chi connectivity index (χ2v) is 4.96. The first-order chi connectivity index (χ1) is 11.9. The fourth-order valence-electron chi connectivity index (χ4n) is 2.07. The maximum absolute atomic E-state index is 12.7. The van der Waals surface area contributed by atoms with Gasteiger partial charge in [0.1, 0.15) is 6.33 Å². The van der Waals surface area contributed by atoms with Crippen LogP contribution in [0, 0.1) is 0 Å². The highest BCUT2D eigenvalue weighted by atomic mass is 19.4. The highest BCUT2D eigenvalue weighted by Gasteiger charge is 2.30. The van der Waals surface area contributed by atoms with Crippen LogP contribution < -0.4 is 10.6 Å². The molecule has 2 amide bonds. The minimum absolute atomic E-state index is 0.0314. The fraction of sp³-hybridized carbons (Fsp3) is 0.0667. The number of tetrazole rings is 1. The van der Waals surface area contributed by atoms with Crippen molar-refractivity contribution in [3.8, 4) is 5.69 Å². The summed E-state index contributed by atoms with van der Waals surface area (Å²) in [7, 11) is 0. The quantitative estimate of drug-likeness (QED) is 0.760. The number of carbonyl (C=O) groups is 1. The van der Waals surface area contributed by atoms with Crippen molar-refractivity contribution in [1.29, 1.82) is 0 Å². The van der Waals surface area contributed by atoms with Crippen molar-refractivity contribution in [2.75, 3.05) is 10.6 Å². The molecule has 0 fully saturated rings. The van der Waals surface area contributed by atoms with Crippen LogP contribution in [0.2, 0.25) is 0 Å². The summed E-state index contributed by atoms with van der Waals surface area (Å²) >= 11 is 0. The summed E-state index contributed by atoms with van der Waals surface area (Å²) in [6, 6.07) is 10.3. The summed E-state index contributed by atoms with van der Waals surface area (Å²) in [6.45, 7) is 0. The van der Waals surface area contributed by atoms with Crippen LogP contribution in [-0.2, 0) is 6.18 Å². The Labute approximate surface area is 139 Å². The number of anilines is 2. The number of alkyl halides is 3. The van der Waals surface area contributed by atoms with Gasteiger partial charge in [-0.25, -0.2) is 9.48 Å². The number of carbonyl (C=O) groups excluding carboxylic acids is 1. The molecule has 1 heterocycles. The first-order valence-corrected chi connectivity index (χ1v) is 7.00. The number of rotatable bonds is 3. The van der Waals surface area contributed by atoms with Crippen LogP contribution in [-0.4, -0.2) is 26.2 Å². The van der Waals surface area contributed by atoms with Gasteiger partial charge in [0.15, 0.2) is 0 Å². The summed E-state index contributed by atoms with van der Waals surface area (Å²) in [5.41, 5.74) is 0.231. The molecule has 3 rings (SSSR count). The third-order valence-corrected chi connectivity index (χ3v) is 3.17. The lowest BCUT2D eigenvalue weighted by molar-refractivity contribution is -0.137. The third kappa shape index (κ3) is 4.10. The number of amides is 2. The fourth-order valence-corrected chi connectivity index (χ4v) is 2.07. The van der Waals surface area contributed by atoms with E-state index >= 15 is 0 Å². The summed E-state index contributed by atoms with van der Waals surface area (Å²) in [6.07, 6.45) is -3.09. The second kappa shape index (κ2) is 6.59. The summed E-state index contributed by atoms with van der Waals surface area (Å²) in [5.74, 6) is 0. The van der Waals surface area contributed by atoms with Gasteiger partial charge in [-0.3, -0.25) is 0 Å². The van der Waals surface area contributed by atoms with Crippen molar-refractivity contribution in [3.05, 3.63) is 60.4 Å². The molecule has 2 N–H and O–H groups in total. The molecule has 3 aromatic rings. The topological polar surface area (TPSA) is 84.7 Å². The zero-order chi connectivity index (χ0) is 17.9. The first kappa shape index (κ1) is 16.4. The van der Waals surface area contributed by atoms with E-state index in [4.69, 9.17) is 0 Å². The molecule has 0 saturated heterocycles. The zero-order valence-electron chi connectivity index (χ0n) is 12.5. The predicted molar refractivity (Wildman–Crippen MR) is 83.2 cm³/mol. The lowest BCUT2D eigenvalue weighted by atomic mass is 10.2. The smallest absolute Gasteiger partial charge is 0.308 e. The normalized spacial score (nSPS) is 11.2. The Morgan fingerprint density at radius 2 is 1.68 bits per heavy atom. The van der Waals surface area contributed by atoms with Gasteiger partial charge in [0.2, 0.25) is 0 Å². The maximum atomic E-state index is 12.7. The Morgan fingerprint density at radius 1 is 1.00 bits per heavy atom. The van der Waals surface area contributed by atoms with Crippen molar-refractivity contribution < 1.29 is 18.0 Å². The maximum Gasteiger partial charge on any atom is 0.416 e. The second-order valence-electron chi connectivity index (χ2n) is 4.96. The van der Waals surface area contributed by atoms with Crippen LogP contribution in [0.3, 0.4) is 0 Å². The first-order valence-electron chi connectivity index (χ1n) is 7.00. The van der Waals surface area contributed by atoms with E-state index in [1.54, 1.807) is 24.3 Å². The number of nitrogens with one attached hydrogen (secondary N) is 2. The van der Waals surface area contributed by atoms with Gasteiger partial charge in [-0.05, 0) is 46.8 Å². The molecule has 0 atom stereocenters. The number of aromatic nitrogens is 4. The third-order valence-electron chi connectivity index (χ3n) is 3.17. The predicted octanol–water partition coefficient (Wildman–Crippen LogP) is 3.33. The zero-order valence-corrected chi connectivity index (χ0v) is 12.5. The highest BCUT2D eigenvalue weighted by molar-refractivity contribution is 5.99. The molecule has 10 heteroatoms. The van der Waals surface area contributed by atoms with Gasteiger partial charge in [-0.15, -0.1) is 5.10 Å². The molecule has 0 spiro atoms. The molecular weight excluding hydrogens is 337 g/mol. The molecule has 0 unspecified atom stereocenters. The molecule has 0 radical (unpaired) electrons. The van der Waals surface area contributed by atoms with E-state index in [9.17, 15) is 18.0 Å². The largest absolute Gasteiger partial charge is 0.416 e. The molecule has 0 aliphatic rings. The number of nitrogens with zero attached hydrogens (tertiary/aromatic N) is 4. The van der Waals surface area contributed by atoms with Crippen molar-refractivity contribution in [2.45, 2.75) is 6.18 Å². The van der Waals surface area contributed by atoms with E-state index in [-0.39, 0.29) is 5.69 Å². The molecule has 1 aromatic heterocycles. The number of hydrogen-bond donors (Lipinski definition) is 2. The van der Waals surface area contributed by atoms with Crippen LogP contribution in [0.15, 0.2) is 54.9 Å². The standard InChI is InChI=1S/C15H11F3N6O/c16-15(17,18)10-3-1-4-11(7-10)20-14(25)21-12-5-2-6-13(8-12)24-9-19-22-23-24/h1-9H,(H2,20,21,25). The van der Waals surface area contributed by atoms with Crippen molar-refractivity contribution in [2.24, 2.45) is 0 Å². The van der Waals surface area contributed by atoms with E-state index in [1.807, 2.05) is 0 Å². The van der Waals surface area contributed by atoms with E-state index < -0.39 is 17.8 Å². The summed E-state index contributed by atoms with van der Waals surface area (Å²) in [4.78, 5) is 12.0. The highest BCUT2D eigenvalue weighted by Crippen LogP contribution is 2.30. The molecular formula is C15H11F3N6O. The molecule has 25 heavy (non-hydrogen) atoms. The minimum Gasteiger partial charge on any atom is -0.308 e. The van der Waals surface area contributed by atoms with Gasteiger partial charge < -0.3 is 10.6 Å². The average Bonchev–Trinajstić information content (AvgIpc) is 3.09. The Kier molecular flexibility index (Phi) is 4.33. The molecule has 7 nitrogen and oxygen atoms in total. The van der Waals surface area contributed by atoms with Gasteiger partial charge in [-0.1, -0.05) is 12.1 Å². The SMILES string of the molecule is O=C(Nc1cccc(-n2cnnn2)c1)Nc1cccc(C(F)(F)F)c1. The van der Waals surface area contributed by atoms with Gasteiger partial charge in [0.05, 0.1) is 11.3 Å². The van der Waals surface area contributed by atoms with Gasteiger partial charge in [-0.2, -0.15) is 13.2 Å². The van der Waals surface area contributed by atoms with Crippen molar-refractivity contribution in [3.63, 3.8) is 0 Å². The number of benzene rings is 2. The lowest BCUT2D eigenvalue weighted by Gasteiger charge is -2.11. The number of halogens is 3. The molecule has 0 saturated carbocycles. The molecule has 0 aliphatic heterocycles. The Hall–Kier alpha value is -3.43. The average molecular weight is 348 g/mol. The Bertz CT molecular complexity index is 879. The lowest BCUT2D eigenvalue weighted by Crippen LogP contribution is -2.20. The molecule has 2 aromatic carbocycles. The van der Waals surface area contributed by atoms with Crippen LogP contribution in [0.4, 0.5) is 29.3 Å². The monoisotopic (exact) mass is 348 g/mol. The number of urea groups is 1. The summed E-state index contributed by atoms with van der Waals surface area (Å²) < 4.78 is 39.5. The molecule has 0 aliphatic carbocycles. The van der Waals surface area contributed by atoms with Crippen LogP contribution in [0.5, 0.6) is 0 Å². The van der Waals surface area contributed by atoms with Gasteiger partial charge in [0, 0.05) is 11.4 Å². The van der Waals surface area contributed by atoms with E-state index in [0.29, 0.717) is 11.4 Å². The molecule has 0 bridgehead atoms. The minimum atomic E-state index is -4.48. The Morgan fingerprint density at radius 3 is 2.32 bits per heavy atom. The van der Waals surface area contributed by atoms with Crippen LogP contribution >= 0.6 is 0 Å².